The Labute approximate surface area is 204 Å². The zero-order chi connectivity index (χ0) is 23.0. The molecule has 7 heteroatoms. The van der Waals surface area contributed by atoms with Gasteiger partial charge in [0.05, 0.1) is 23.9 Å². The number of hydrogen-bond acceptors (Lipinski definition) is 4. The molecule has 1 aliphatic heterocycles. The van der Waals surface area contributed by atoms with Gasteiger partial charge in [-0.05, 0) is 67.5 Å². The van der Waals surface area contributed by atoms with E-state index in [1.54, 1.807) is 19.2 Å². The fourth-order valence-corrected chi connectivity index (χ4v) is 5.84. The number of benzene rings is 2. The van der Waals surface area contributed by atoms with Gasteiger partial charge < -0.3 is 10.1 Å². The minimum atomic E-state index is -0.155. The van der Waals surface area contributed by atoms with Crippen molar-refractivity contribution in [3.8, 4) is 5.75 Å². The average molecular weight is 484 g/mol. The number of carbonyl (C=O) groups is 1. The smallest absolute Gasteiger partial charge is 0.268 e. The van der Waals surface area contributed by atoms with Crippen molar-refractivity contribution in [2.45, 2.75) is 50.1 Å². The summed E-state index contributed by atoms with van der Waals surface area (Å²) in [6.07, 6.45) is 10.3. The minimum absolute atomic E-state index is 0.0861. The van der Waals surface area contributed by atoms with Gasteiger partial charge in [-0.1, -0.05) is 53.9 Å². The predicted molar refractivity (Wildman–Crippen MR) is 133 cm³/mol. The summed E-state index contributed by atoms with van der Waals surface area (Å²) in [5, 5.41) is 11.0. The van der Waals surface area contributed by atoms with E-state index in [4.69, 9.17) is 33.0 Å². The van der Waals surface area contributed by atoms with Crippen LogP contribution in [0.2, 0.25) is 10.0 Å². The maximum atomic E-state index is 13.4. The molecule has 2 aromatic rings. The number of halogens is 2. The van der Waals surface area contributed by atoms with Crippen molar-refractivity contribution >= 4 is 40.5 Å². The maximum absolute atomic E-state index is 13.4. The Morgan fingerprint density at radius 2 is 2.03 bits per heavy atom. The van der Waals surface area contributed by atoms with Crippen LogP contribution in [-0.4, -0.2) is 24.3 Å². The zero-order valence-electron chi connectivity index (χ0n) is 18.6. The molecule has 2 bridgehead atoms. The van der Waals surface area contributed by atoms with Crippen molar-refractivity contribution in [2.24, 2.45) is 11.0 Å². The van der Waals surface area contributed by atoms with Crippen molar-refractivity contribution in [1.29, 1.82) is 0 Å². The van der Waals surface area contributed by atoms with Gasteiger partial charge >= 0.3 is 0 Å². The second-order valence-corrected chi connectivity index (χ2v) is 10.0. The number of rotatable bonds is 5. The van der Waals surface area contributed by atoms with Crippen LogP contribution in [0.25, 0.3) is 0 Å². The van der Waals surface area contributed by atoms with Gasteiger partial charge in [0, 0.05) is 17.0 Å². The lowest BCUT2D eigenvalue weighted by atomic mass is 9.70. The standard InChI is InChI=1S/C26H27Cl2N3O2/c1-33-20-9-6-18(7-10-20)24-15-22(30-31(24)23-11-8-19(27)14-21(23)28)25(32)29-26-12-2-4-17(16-26)5-3-13-26/h2,4,6-11,14,17,24H,3,5,12-13,15-16H2,1H3,(H,29,32). The number of nitrogens with one attached hydrogen (secondary N) is 1. The molecule has 1 heterocycles. The maximum Gasteiger partial charge on any atom is 0.268 e. The van der Waals surface area contributed by atoms with Crippen LogP contribution >= 0.6 is 23.2 Å². The molecule has 172 valence electrons. The number of amides is 1. The van der Waals surface area contributed by atoms with E-state index in [2.05, 4.69) is 17.5 Å². The van der Waals surface area contributed by atoms with Gasteiger partial charge in [-0.15, -0.1) is 0 Å². The molecule has 1 saturated carbocycles. The Hall–Kier alpha value is -2.50. The van der Waals surface area contributed by atoms with Gasteiger partial charge in [-0.2, -0.15) is 5.10 Å². The van der Waals surface area contributed by atoms with Crippen LogP contribution in [0, 0.1) is 5.92 Å². The van der Waals surface area contributed by atoms with Crippen molar-refractivity contribution in [3.63, 3.8) is 0 Å². The van der Waals surface area contributed by atoms with E-state index >= 15 is 0 Å². The monoisotopic (exact) mass is 483 g/mol. The summed E-state index contributed by atoms with van der Waals surface area (Å²) in [5.41, 5.74) is 2.12. The van der Waals surface area contributed by atoms with Crippen molar-refractivity contribution in [3.05, 3.63) is 70.2 Å². The number of fused-ring (bicyclic) bond motifs is 2. The number of carbonyl (C=O) groups excluding carboxylic acids is 1. The molecule has 0 spiro atoms. The summed E-state index contributed by atoms with van der Waals surface area (Å²) in [5.74, 6) is 1.26. The molecular weight excluding hydrogens is 457 g/mol. The van der Waals surface area contributed by atoms with Gasteiger partial charge in [0.1, 0.15) is 11.5 Å². The number of hydrazone groups is 1. The second kappa shape index (κ2) is 9.03. The summed E-state index contributed by atoms with van der Waals surface area (Å²) in [4.78, 5) is 13.4. The first kappa shape index (κ1) is 22.3. The fourth-order valence-electron chi connectivity index (χ4n) is 5.34. The lowest BCUT2D eigenvalue weighted by molar-refractivity contribution is -0.117. The first-order chi connectivity index (χ1) is 16.0. The molecule has 0 radical (unpaired) electrons. The first-order valence-electron chi connectivity index (χ1n) is 11.4. The van der Waals surface area contributed by atoms with Crippen molar-refractivity contribution in [2.75, 3.05) is 12.1 Å². The van der Waals surface area contributed by atoms with Crippen LogP contribution in [0.1, 0.15) is 50.1 Å². The molecule has 3 atom stereocenters. The molecule has 5 rings (SSSR count). The average Bonchev–Trinajstić information content (AvgIpc) is 3.24. The lowest BCUT2D eigenvalue weighted by Gasteiger charge is -2.43. The topological polar surface area (TPSA) is 53.9 Å². The Morgan fingerprint density at radius 3 is 2.79 bits per heavy atom. The van der Waals surface area contributed by atoms with Crippen LogP contribution in [0.15, 0.2) is 59.7 Å². The summed E-state index contributed by atoms with van der Waals surface area (Å²) < 4.78 is 5.31. The van der Waals surface area contributed by atoms with Gasteiger partial charge in [0.25, 0.3) is 5.91 Å². The third kappa shape index (κ3) is 4.49. The third-order valence-electron chi connectivity index (χ3n) is 7.01. The highest BCUT2D eigenvalue weighted by Gasteiger charge is 2.41. The highest BCUT2D eigenvalue weighted by molar-refractivity contribution is 6.40. The number of allylic oxidation sites excluding steroid dienone is 1. The number of anilines is 1. The highest BCUT2D eigenvalue weighted by Crippen LogP contribution is 2.42. The van der Waals surface area contributed by atoms with Crippen LogP contribution in [0.5, 0.6) is 5.75 Å². The van der Waals surface area contributed by atoms with E-state index in [1.807, 2.05) is 35.3 Å². The van der Waals surface area contributed by atoms with Crippen LogP contribution in [-0.2, 0) is 4.79 Å². The fraction of sp³-hybridized carbons (Fsp3) is 0.385. The molecule has 2 aromatic carbocycles. The zero-order valence-corrected chi connectivity index (χ0v) is 20.1. The summed E-state index contributed by atoms with van der Waals surface area (Å²) >= 11 is 12.7. The van der Waals surface area contributed by atoms with Crippen molar-refractivity contribution < 1.29 is 9.53 Å². The molecular formula is C26H27Cl2N3O2. The van der Waals surface area contributed by atoms with E-state index in [0.717, 1.165) is 42.7 Å². The SMILES string of the molecule is COc1ccc(C2CC(C(=O)NC34CC=CC(CCC3)C4)=NN2c2ccc(Cl)cc2Cl)cc1. The largest absolute Gasteiger partial charge is 0.497 e. The van der Waals surface area contributed by atoms with E-state index in [9.17, 15) is 4.79 Å². The molecule has 3 aliphatic rings. The van der Waals surface area contributed by atoms with Crippen LogP contribution < -0.4 is 15.1 Å². The molecule has 1 N–H and O–H groups in total. The number of nitrogens with zero attached hydrogens (tertiary/aromatic N) is 2. The van der Waals surface area contributed by atoms with Crippen LogP contribution in [0.4, 0.5) is 5.69 Å². The van der Waals surface area contributed by atoms with Gasteiger partial charge in [0.15, 0.2) is 0 Å². The summed E-state index contributed by atoms with van der Waals surface area (Å²) in [6.45, 7) is 0. The Bertz CT molecular complexity index is 1120. The number of hydrogen-bond donors (Lipinski definition) is 1. The molecule has 0 saturated heterocycles. The van der Waals surface area contributed by atoms with Crippen LogP contribution in [0.3, 0.4) is 0 Å². The molecule has 1 amide bonds. The number of ether oxygens (including phenoxy) is 1. The Balaban J connectivity index is 1.44. The minimum Gasteiger partial charge on any atom is -0.497 e. The quantitative estimate of drug-likeness (QED) is 0.506. The molecule has 3 unspecified atom stereocenters. The van der Waals surface area contributed by atoms with E-state index in [-0.39, 0.29) is 17.5 Å². The Kier molecular flexibility index (Phi) is 6.11. The van der Waals surface area contributed by atoms with E-state index in [1.165, 1.54) is 6.42 Å². The highest BCUT2D eigenvalue weighted by atomic mass is 35.5. The van der Waals surface area contributed by atoms with E-state index in [0.29, 0.717) is 28.1 Å². The normalized spacial score (nSPS) is 26.2. The molecule has 1 fully saturated rings. The molecule has 0 aromatic heterocycles. The molecule has 2 aliphatic carbocycles. The van der Waals surface area contributed by atoms with E-state index < -0.39 is 0 Å². The van der Waals surface area contributed by atoms with Crippen molar-refractivity contribution in [1.82, 2.24) is 5.32 Å². The lowest BCUT2D eigenvalue weighted by Crippen LogP contribution is -2.53. The number of methoxy groups -OCH3 is 1. The summed E-state index contributed by atoms with van der Waals surface area (Å²) in [6, 6.07) is 13.0. The second-order valence-electron chi connectivity index (χ2n) is 9.20. The first-order valence-corrected chi connectivity index (χ1v) is 12.2. The van der Waals surface area contributed by atoms with Gasteiger partial charge in [-0.3, -0.25) is 9.80 Å². The third-order valence-corrected chi connectivity index (χ3v) is 7.55. The molecule has 5 nitrogen and oxygen atoms in total. The predicted octanol–water partition coefficient (Wildman–Crippen LogP) is 6.31. The Morgan fingerprint density at radius 1 is 1.21 bits per heavy atom. The van der Waals surface area contributed by atoms with Gasteiger partial charge in [0.2, 0.25) is 0 Å². The summed E-state index contributed by atoms with van der Waals surface area (Å²) in [7, 11) is 1.64. The van der Waals surface area contributed by atoms with Gasteiger partial charge in [-0.25, -0.2) is 0 Å². The molecule has 33 heavy (non-hydrogen) atoms.